The highest BCUT2D eigenvalue weighted by Gasteiger charge is 2.36. The van der Waals surface area contributed by atoms with Crippen LogP contribution in [0.15, 0.2) is 28.8 Å². The number of fused-ring (bicyclic) bond motifs is 1. The van der Waals surface area contributed by atoms with Crippen molar-refractivity contribution in [1.29, 1.82) is 0 Å². The fourth-order valence-electron chi connectivity index (χ4n) is 2.06. The van der Waals surface area contributed by atoms with Gasteiger partial charge in [0.1, 0.15) is 12.3 Å². The summed E-state index contributed by atoms with van der Waals surface area (Å²) in [5, 5.41) is 0. The molecule has 0 atom stereocenters. The third kappa shape index (κ3) is 1.77. The Hall–Kier alpha value is -2.63. The fourth-order valence-corrected chi connectivity index (χ4v) is 2.06. The van der Waals surface area contributed by atoms with Crippen LogP contribution in [0.4, 0.5) is 5.69 Å². The number of nitrogen functional groups attached to an aromatic ring is 1. The van der Waals surface area contributed by atoms with Crippen molar-refractivity contribution in [2.24, 2.45) is 0 Å². The molecular formula is C13H11N3O3. The lowest BCUT2D eigenvalue weighted by Crippen LogP contribution is -2.29. The van der Waals surface area contributed by atoms with E-state index in [4.69, 9.17) is 10.2 Å². The van der Waals surface area contributed by atoms with Gasteiger partial charge in [-0.3, -0.25) is 14.5 Å². The summed E-state index contributed by atoms with van der Waals surface area (Å²) < 4.78 is 5.28. The number of hydrogen-bond acceptors (Lipinski definition) is 5. The van der Waals surface area contributed by atoms with E-state index in [1.54, 1.807) is 25.3 Å². The van der Waals surface area contributed by atoms with Crippen LogP contribution in [-0.2, 0) is 6.54 Å². The van der Waals surface area contributed by atoms with E-state index in [-0.39, 0.29) is 18.4 Å². The average molecular weight is 257 g/mol. The molecule has 1 aromatic heterocycles. The number of amides is 2. The second-order valence-corrected chi connectivity index (χ2v) is 4.37. The summed E-state index contributed by atoms with van der Waals surface area (Å²) in [6.45, 7) is 1.78. The molecule has 0 radical (unpaired) electrons. The van der Waals surface area contributed by atoms with Gasteiger partial charge in [0, 0.05) is 5.69 Å². The number of aryl methyl sites for hydroxylation is 1. The maximum Gasteiger partial charge on any atom is 0.262 e. The van der Waals surface area contributed by atoms with Gasteiger partial charge in [-0.05, 0) is 25.1 Å². The lowest BCUT2D eigenvalue weighted by atomic mass is 10.1. The lowest BCUT2D eigenvalue weighted by molar-refractivity contribution is 0.0628. The molecule has 0 saturated carbocycles. The van der Waals surface area contributed by atoms with Crippen LogP contribution in [0, 0.1) is 6.92 Å². The first kappa shape index (κ1) is 11.5. The number of anilines is 1. The summed E-state index contributed by atoms with van der Waals surface area (Å²) in [5.74, 6) is 0.245. The average Bonchev–Trinajstić information content (AvgIpc) is 2.88. The Morgan fingerprint density at radius 2 is 2.00 bits per heavy atom. The van der Waals surface area contributed by atoms with Crippen LogP contribution < -0.4 is 5.73 Å². The first-order valence-corrected chi connectivity index (χ1v) is 5.73. The highest BCUT2D eigenvalue weighted by Crippen LogP contribution is 2.26. The van der Waals surface area contributed by atoms with Gasteiger partial charge in [-0.25, -0.2) is 4.98 Å². The number of hydrogen-bond donors (Lipinski definition) is 1. The number of rotatable bonds is 2. The van der Waals surface area contributed by atoms with Gasteiger partial charge < -0.3 is 10.2 Å². The maximum atomic E-state index is 12.2. The number of imide groups is 1. The van der Waals surface area contributed by atoms with Crippen molar-refractivity contribution in [2.45, 2.75) is 13.5 Å². The third-order valence-electron chi connectivity index (χ3n) is 2.96. The van der Waals surface area contributed by atoms with E-state index in [1.165, 1.54) is 6.07 Å². The largest absolute Gasteiger partial charge is 0.444 e. The number of oxazole rings is 1. The summed E-state index contributed by atoms with van der Waals surface area (Å²) in [6, 6.07) is 4.67. The molecular weight excluding hydrogens is 246 g/mol. The molecule has 2 aromatic rings. The summed E-state index contributed by atoms with van der Waals surface area (Å²) in [4.78, 5) is 29.4. The van der Waals surface area contributed by atoms with E-state index in [0.717, 1.165) is 4.90 Å². The molecule has 96 valence electrons. The van der Waals surface area contributed by atoms with Crippen molar-refractivity contribution < 1.29 is 14.0 Å². The van der Waals surface area contributed by atoms with Crippen LogP contribution >= 0.6 is 0 Å². The SMILES string of the molecule is Cc1cnc(CN2C(=O)c3ccc(N)cc3C2=O)o1. The minimum atomic E-state index is -0.372. The van der Waals surface area contributed by atoms with Crippen LogP contribution in [0.3, 0.4) is 0 Å². The van der Waals surface area contributed by atoms with Gasteiger partial charge >= 0.3 is 0 Å². The molecule has 0 bridgehead atoms. The van der Waals surface area contributed by atoms with E-state index < -0.39 is 0 Å². The highest BCUT2D eigenvalue weighted by molar-refractivity contribution is 6.21. The Labute approximate surface area is 108 Å². The zero-order chi connectivity index (χ0) is 13.6. The van der Waals surface area contributed by atoms with Crippen LogP contribution in [0.1, 0.15) is 32.4 Å². The summed E-state index contributed by atoms with van der Waals surface area (Å²) in [6.07, 6.45) is 1.55. The van der Waals surface area contributed by atoms with Crippen molar-refractivity contribution in [3.63, 3.8) is 0 Å². The molecule has 3 rings (SSSR count). The van der Waals surface area contributed by atoms with Crippen molar-refractivity contribution >= 4 is 17.5 Å². The monoisotopic (exact) mass is 257 g/mol. The normalized spacial score (nSPS) is 14.1. The van der Waals surface area contributed by atoms with E-state index in [0.29, 0.717) is 28.5 Å². The minimum absolute atomic E-state index is 0.0279. The molecule has 6 heteroatoms. The number of benzene rings is 1. The van der Waals surface area contributed by atoms with Crippen LogP contribution in [0.25, 0.3) is 0 Å². The Balaban J connectivity index is 1.94. The number of nitrogens with zero attached hydrogens (tertiary/aromatic N) is 2. The Morgan fingerprint density at radius 1 is 1.26 bits per heavy atom. The van der Waals surface area contributed by atoms with Crippen molar-refractivity contribution in [2.75, 3.05) is 5.73 Å². The van der Waals surface area contributed by atoms with Gasteiger partial charge in [-0.1, -0.05) is 0 Å². The number of carbonyl (C=O) groups is 2. The molecule has 2 amide bonds. The quantitative estimate of drug-likeness (QED) is 0.648. The molecule has 0 unspecified atom stereocenters. The molecule has 6 nitrogen and oxygen atoms in total. The van der Waals surface area contributed by atoms with E-state index >= 15 is 0 Å². The first-order chi connectivity index (χ1) is 9.06. The fraction of sp³-hybridized carbons (Fsp3) is 0.154. The van der Waals surface area contributed by atoms with Crippen molar-refractivity contribution in [3.05, 3.63) is 47.2 Å². The molecule has 0 spiro atoms. The molecule has 2 heterocycles. The Morgan fingerprint density at radius 3 is 2.68 bits per heavy atom. The third-order valence-corrected chi connectivity index (χ3v) is 2.96. The number of aromatic nitrogens is 1. The maximum absolute atomic E-state index is 12.2. The summed E-state index contributed by atoms with van der Waals surface area (Å²) in [7, 11) is 0. The van der Waals surface area contributed by atoms with Crippen molar-refractivity contribution in [3.8, 4) is 0 Å². The molecule has 1 aliphatic heterocycles. The zero-order valence-corrected chi connectivity index (χ0v) is 10.2. The van der Waals surface area contributed by atoms with E-state index in [1.807, 2.05) is 0 Å². The van der Waals surface area contributed by atoms with Gasteiger partial charge in [-0.15, -0.1) is 0 Å². The highest BCUT2D eigenvalue weighted by atomic mass is 16.4. The molecule has 2 N–H and O–H groups in total. The van der Waals surface area contributed by atoms with E-state index in [2.05, 4.69) is 4.98 Å². The topological polar surface area (TPSA) is 89.4 Å². The van der Waals surface area contributed by atoms with Gasteiger partial charge in [0.05, 0.1) is 17.3 Å². The van der Waals surface area contributed by atoms with Gasteiger partial charge in [0.15, 0.2) is 0 Å². The lowest BCUT2D eigenvalue weighted by Gasteiger charge is -2.10. The smallest absolute Gasteiger partial charge is 0.262 e. The number of carbonyl (C=O) groups excluding carboxylic acids is 2. The minimum Gasteiger partial charge on any atom is -0.444 e. The van der Waals surface area contributed by atoms with Gasteiger partial charge in [-0.2, -0.15) is 0 Å². The molecule has 1 aromatic carbocycles. The van der Waals surface area contributed by atoms with Crippen molar-refractivity contribution in [1.82, 2.24) is 9.88 Å². The Bertz CT molecular complexity index is 690. The second-order valence-electron chi connectivity index (χ2n) is 4.37. The molecule has 0 fully saturated rings. The summed E-state index contributed by atoms with van der Waals surface area (Å²) >= 11 is 0. The molecule has 0 saturated heterocycles. The Kier molecular flexibility index (Phi) is 2.38. The second kappa shape index (κ2) is 3.94. The zero-order valence-electron chi connectivity index (χ0n) is 10.2. The summed E-state index contributed by atoms with van der Waals surface area (Å²) in [5.41, 5.74) is 6.77. The van der Waals surface area contributed by atoms with Crippen LogP contribution in [-0.4, -0.2) is 21.7 Å². The number of nitrogens with two attached hydrogens (primary N) is 1. The molecule has 1 aliphatic rings. The molecule has 19 heavy (non-hydrogen) atoms. The predicted molar refractivity (Wildman–Crippen MR) is 66.3 cm³/mol. The van der Waals surface area contributed by atoms with Gasteiger partial charge in [0.2, 0.25) is 5.89 Å². The van der Waals surface area contributed by atoms with Crippen LogP contribution in [0.5, 0.6) is 0 Å². The van der Waals surface area contributed by atoms with Gasteiger partial charge in [0.25, 0.3) is 11.8 Å². The first-order valence-electron chi connectivity index (χ1n) is 5.73. The van der Waals surface area contributed by atoms with E-state index in [9.17, 15) is 9.59 Å². The predicted octanol–water partition coefficient (Wildman–Crippen LogP) is 1.36. The standard InChI is InChI=1S/C13H11N3O3/c1-7-5-15-11(19-7)6-16-12(17)9-3-2-8(14)4-10(9)13(16)18/h2-5H,6,14H2,1H3. The van der Waals surface area contributed by atoms with Crippen LogP contribution in [0.2, 0.25) is 0 Å². The molecule has 0 aliphatic carbocycles.